The molecule has 0 aliphatic heterocycles. The van der Waals surface area contributed by atoms with Crippen LogP contribution in [0, 0.1) is 0 Å². The van der Waals surface area contributed by atoms with Crippen molar-refractivity contribution in [3.63, 3.8) is 0 Å². The van der Waals surface area contributed by atoms with Crippen LogP contribution in [0.1, 0.15) is 33.6 Å². The fraction of sp³-hybridized carbons (Fsp3) is 0.917. The molecule has 0 saturated carbocycles. The summed E-state index contributed by atoms with van der Waals surface area (Å²) in [6, 6.07) is 0. The van der Waals surface area contributed by atoms with Gasteiger partial charge in [-0.3, -0.25) is 4.99 Å². The molecule has 2 N–H and O–H groups in total. The molecule has 0 aromatic heterocycles. The lowest BCUT2D eigenvalue weighted by molar-refractivity contribution is 0.336. The molecule has 0 atom stereocenters. The second kappa shape index (κ2) is 9.46. The quantitative estimate of drug-likeness (QED) is 0.504. The highest BCUT2D eigenvalue weighted by Crippen LogP contribution is 1.92. The van der Waals surface area contributed by atoms with E-state index >= 15 is 0 Å². The summed E-state index contributed by atoms with van der Waals surface area (Å²) in [5.74, 6) is 0.675. The first kappa shape index (κ1) is 15.2. The van der Waals surface area contributed by atoms with Crippen LogP contribution < -0.4 is 5.73 Å². The van der Waals surface area contributed by atoms with Crippen molar-refractivity contribution < 1.29 is 0 Å². The van der Waals surface area contributed by atoms with Crippen molar-refractivity contribution in [3.8, 4) is 0 Å². The Bertz CT molecular complexity index is 187. The van der Waals surface area contributed by atoms with Crippen LogP contribution in [0.25, 0.3) is 0 Å². The number of rotatable bonds is 8. The standard InChI is InChI=1S/C12H28N4/c1-5-8-10-15(4)11-9-14-12(13)16(6-2)7-3/h5-11H2,1-4H3,(H2,13,14). The van der Waals surface area contributed by atoms with Crippen LogP contribution in [0.2, 0.25) is 0 Å². The molecule has 0 amide bonds. The van der Waals surface area contributed by atoms with E-state index in [0.717, 1.165) is 32.7 Å². The zero-order valence-corrected chi connectivity index (χ0v) is 11.4. The first-order valence-electron chi connectivity index (χ1n) is 6.39. The molecule has 0 heterocycles. The van der Waals surface area contributed by atoms with Crippen LogP contribution in [-0.2, 0) is 0 Å². The molecule has 0 radical (unpaired) electrons. The zero-order chi connectivity index (χ0) is 12.4. The second-order valence-corrected chi connectivity index (χ2v) is 4.07. The number of nitrogens with zero attached hydrogens (tertiary/aromatic N) is 3. The summed E-state index contributed by atoms with van der Waals surface area (Å²) in [6.45, 7) is 11.2. The van der Waals surface area contributed by atoms with Crippen LogP contribution >= 0.6 is 0 Å². The maximum absolute atomic E-state index is 5.88. The number of guanidine groups is 1. The summed E-state index contributed by atoms with van der Waals surface area (Å²) in [5.41, 5.74) is 5.88. The molecule has 0 aliphatic rings. The molecule has 0 aromatic carbocycles. The molecule has 0 aliphatic carbocycles. The Kier molecular flexibility index (Phi) is 9.00. The number of likely N-dealkylation sites (N-methyl/N-ethyl adjacent to an activating group) is 1. The highest BCUT2D eigenvalue weighted by molar-refractivity contribution is 5.77. The van der Waals surface area contributed by atoms with Crippen molar-refractivity contribution in [2.75, 3.05) is 39.8 Å². The average Bonchev–Trinajstić information content (AvgIpc) is 2.28. The molecule has 0 bridgehead atoms. The van der Waals surface area contributed by atoms with Crippen LogP contribution in [0.4, 0.5) is 0 Å². The normalized spacial score (nSPS) is 12.2. The fourth-order valence-electron chi connectivity index (χ4n) is 1.52. The van der Waals surface area contributed by atoms with E-state index in [2.05, 4.69) is 42.6 Å². The first-order valence-corrected chi connectivity index (χ1v) is 6.39. The molecular weight excluding hydrogens is 200 g/mol. The number of hydrogen-bond acceptors (Lipinski definition) is 2. The smallest absolute Gasteiger partial charge is 0.191 e. The van der Waals surface area contributed by atoms with Gasteiger partial charge < -0.3 is 15.5 Å². The van der Waals surface area contributed by atoms with Crippen LogP contribution in [-0.4, -0.2) is 55.5 Å². The third kappa shape index (κ3) is 6.67. The fourth-order valence-corrected chi connectivity index (χ4v) is 1.52. The molecule has 96 valence electrons. The molecular formula is C12H28N4. The SMILES string of the molecule is CCCCN(C)CCN=C(N)N(CC)CC. The van der Waals surface area contributed by atoms with Crippen molar-refractivity contribution in [2.45, 2.75) is 33.6 Å². The third-order valence-corrected chi connectivity index (χ3v) is 2.74. The Morgan fingerprint density at radius 1 is 1.12 bits per heavy atom. The second-order valence-electron chi connectivity index (χ2n) is 4.07. The Morgan fingerprint density at radius 3 is 2.25 bits per heavy atom. The highest BCUT2D eigenvalue weighted by atomic mass is 15.2. The van der Waals surface area contributed by atoms with Crippen molar-refractivity contribution in [1.29, 1.82) is 0 Å². The summed E-state index contributed by atoms with van der Waals surface area (Å²) in [6.07, 6.45) is 2.50. The van der Waals surface area contributed by atoms with E-state index in [1.807, 2.05) is 0 Å². The van der Waals surface area contributed by atoms with E-state index in [1.165, 1.54) is 12.8 Å². The van der Waals surface area contributed by atoms with Gasteiger partial charge in [-0.05, 0) is 33.9 Å². The molecule has 0 fully saturated rings. The largest absolute Gasteiger partial charge is 0.370 e. The van der Waals surface area contributed by atoms with Crippen molar-refractivity contribution in [3.05, 3.63) is 0 Å². The van der Waals surface area contributed by atoms with Gasteiger partial charge >= 0.3 is 0 Å². The molecule has 16 heavy (non-hydrogen) atoms. The lowest BCUT2D eigenvalue weighted by atomic mass is 10.3. The van der Waals surface area contributed by atoms with Gasteiger partial charge in [0, 0.05) is 19.6 Å². The Balaban J connectivity index is 3.80. The Morgan fingerprint density at radius 2 is 1.75 bits per heavy atom. The first-order chi connectivity index (χ1) is 7.65. The highest BCUT2D eigenvalue weighted by Gasteiger charge is 2.01. The molecule has 0 saturated heterocycles. The molecule has 0 rings (SSSR count). The average molecular weight is 228 g/mol. The number of unbranched alkanes of at least 4 members (excludes halogenated alkanes) is 1. The van der Waals surface area contributed by atoms with E-state index < -0.39 is 0 Å². The predicted octanol–water partition coefficient (Wildman–Crippen LogP) is 1.37. The van der Waals surface area contributed by atoms with E-state index in [9.17, 15) is 0 Å². The number of aliphatic imine (C=N–C) groups is 1. The number of nitrogens with two attached hydrogens (primary N) is 1. The van der Waals surface area contributed by atoms with Gasteiger partial charge in [0.15, 0.2) is 5.96 Å². The van der Waals surface area contributed by atoms with Gasteiger partial charge in [0.2, 0.25) is 0 Å². The van der Waals surface area contributed by atoms with Gasteiger partial charge in [-0.15, -0.1) is 0 Å². The summed E-state index contributed by atoms with van der Waals surface area (Å²) in [4.78, 5) is 8.78. The van der Waals surface area contributed by atoms with E-state index in [1.54, 1.807) is 0 Å². The minimum absolute atomic E-state index is 0.675. The van der Waals surface area contributed by atoms with Gasteiger partial charge in [0.05, 0.1) is 6.54 Å². The summed E-state index contributed by atoms with van der Waals surface area (Å²) in [5, 5.41) is 0. The molecule has 0 unspecified atom stereocenters. The Labute approximate surface area is 101 Å². The lowest BCUT2D eigenvalue weighted by Crippen LogP contribution is -2.37. The molecule has 4 heteroatoms. The third-order valence-electron chi connectivity index (χ3n) is 2.74. The minimum Gasteiger partial charge on any atom is -0.370 e. The van der Waals surface area contributed by atoms with Gasteiger partial charge in [-0.25, -0.2) is 0 Å². The van der Waals surface area contributed by atoms with Crippen LogP contribution in [0.5, 0.6) is 0 Å². The van der Waals surface area contributed by atoms with Gasteiger partial charge in [-0.1, -0.05) is 13.3 Å². The van der Waals surface area contributed by atoms with Gasteiger partial charge in [-0.2, -0.15) is 0 Å². The van der Waals surface area contributed by atoms with Gasteiger partial charge in [0.1, 0.15) is 0 Å². The summed E-state index contributed by atoms with van der Waals surface area (Å²) in [7, 11) is 2.14. The maximum atomic E-state index is 5.88. The minimum atomic E-state index is 0.675. The van der Waals surface area contributed by atoms with Crippen LogP contribution in [0.15, 0.2) is 4.99 Å². The molecule has 0 spiro atoms. The van der Waals surface area contributed by atoms with Crippen molar-refractivity contribution >= 4 is 5.96 Å². The molecule has 4 nitrogen and oxygen atoms in total. The maximum Gasteiger partial charge on any atom is 0.191 e. The van der Waals surface area contributed by atoms with Gasteiger partial charge in [0.25, 0.3) is 0 Å². The van der Waals surface area contributed by atoms with E-state index in [-0.39, 0.29) is 0 Å². The zero-order valence-electron chi connectivity index (χ0n) is 11.4. The summed E-state index contributed by atoms with van der Waals surface area (Å²) >= 11 is 0. The predicted molar refractivity (Wildman–Crippen MR) is 71.8 cm³/mol. The lowest BCUT2D eigenvalue weighted by Gasteiger charge is -2.20. The molecule has 0 aromatic rings. The Hall–Kier alpha value is -0.770. The topological polar surface area (TPSA) is 44.9 Å². The van der Waals surface area contributed by atoms with E-state index in [0.29, 0.717) is 5.96 Å². The summed E-state index contributed by atoms with van der Waals surface area (Å²) < 4.78 is 0. The van der Waals surface area contributed by atoms with Crippen molar-refractivity contribution in [2.24, 2.45) is 10.7 Å². The van der Waals surface area contributed by atoms with Crippen LogP contribution in [0.3, 0.4) is 0 Å². The monoisotopic (exact) mass is 228 g/mol. The van der Waals surface area contributed by atoms with E-state index in [4.69, 9.17) is 5.73 Å². The van der Waals surface area contributed by atoms with Crippen molar-refractivity contribution in [1.82, 2.24) is 9.80 Å². The number of hydrogen-bond donors (Lipinski definition) is 1.